The van der Waals surface area contributed by atoms with E-state index < -0.39 is 11.2 Å². The number of fused-ring (bicyclic) bond motifs is 3. The van der Waals surface area contributed by atoms with Gasteiger partial charge in [-0.2, -0.15) is 4.98 Å². The molecule has 0 saturated heterocycles. The molecule has 0 radical (unpaired) electrons. The topological polar surface area (TPSA) is 74.4 Å². The highest BCUT2D eigenvalue weighted by Gasteiger charge is 2.19. The number of allylic oxidation sites excluding steroid dienone is 1. The van der Waals surface area contributed by atoms with Crippen molar-refractivity contribution in [3.8, 4) is 11.3 Å². The van der Waals surface area contributed by atoms with Gasteiger partial charge in [-0.15, -0.1) is 6.58 Å². The first-order chi connectivity index (χ1) is 12.0. The lowest BCUT2D eigenvalue weighted by molar-refractivity contribution is 0.609. The zero-order chi connectivity index (χ0) is 17.7. The predicted octanol–water partition coefficient (Wildman–Crippen LogP) is 1.93. The van der Waals surface area contributed by atoms with Gasteiger partial charge >= 0.3 is 11.5 Å². The molecular formula is C17H13FN4O3. The Hall–Kier alpha value is -3.42. The molecule has 0 atom stereocenters. The first kappa shape index (κ1) is 15.1. The predicted molar refractivity (Wildman–Crippen MR) is 90.1 cm³/mol. The molecule has 0 saturated carbocycles. The van der Waals surface area contributed by atoms with E-state index in [1.54, 1.807) is 18.3 Å². The molecule has 7 nitrogen and oxygen atoms in total. The van der Waals surface area contributed by atoms with Crippen molar-refractivity contribution >= 4 is 17.0 Å². The molecule has 0 amide bonds. The van der Waals surface area contributed by atoms with Crippen LogP contribution in [0.25, 0.3) is 28.3 Å². The Morgan fingerprint density at radius 1 is 1.28 bits per heavy atom. The Balaban J connectivity index is 2.04. The summed E-state index contributed by atoms with van der Waals surface area (Å²) in [5.74, 6) is 0.263. The lowest BCUT2D eigenvalue weighted by Crippen LogP contribution is -2.39. The number of rotatable bonds is 3. The van der Waals surface area contributed by atoms with Crippen molar-refractivity contribution in [2.45, 2.75) is 6.54 Å². The van der Waals surface area contributed by atoms with Crippen LogP contribution in [-0.2, 0) is 13.6 Å². The lowest BCUT2D eigenvalue weighted by Gasteiger charge is -2.05. The second kappa shape index (κ2) is 5.30. The fourth-order valence-corrected chi connectivity index (χ4v) is 2.79. The van der Waals surface area contributed by atoms with Gasteiger partial charge in [0.2, 0.25) is 0 Å². The minimum absolute atomic E-state index is 0.0946. The third-order valence-electron chi connectivity index (χ3n) is 4.03. The van der Waals surface area contributed by atoms with Gasteiger partial charge in [-0.3, -0.25) is 18.3 Å². The van der Waals surface area contributed by atoms with Crippen molar-refractivity contribution < 1.29 is 8.81 Å². The van der Waals surface area contributed by atoms with E-state index in [4.69, 9.17) is 4.42 Å². The van der Waals surface area contributed by atoms with Crippen LogP contribution in [0.1, 0.15) is 0 Å². The summed E-state index contributed by atoms with van der Waals surface area (Å²) in [6, 6.07) is 5.78. The van der Waals surface area contributed by atoms with Crippen molar-refractivity contribution in [2.75, 3.05) is 0 Å². The zero-order valence-electron chi connectivity index (χ0n) is 13.3. The van der Waals surface area contributed by atoms with Gasteiger partial charge in [0.15, 0.2) is 16.9 Å². The summed E-state index contributed by atoms with van der Waals surface area (Å²) in [4.78, 5) is 29.2. The highest BCUT2D eigenvalue weighted by atomic mass is 19.1. The van der Waals surface area contributed by atoms with Gasteiger partial charge < -0.3 is 4.42 Å². The Labute approximate surface area is 139 Å². The highest BCUT2D eigenvalue weighted by molar-refractivity contribution is 5.76. The van der Waals surface area contributed by atoms with Crippen LogP contribution in [0.3, 0.4) is 0 Å². The summed E-state index contributed by atoms with van der Waals surface area (Å²) in [5.41, 5.74) is 0.168. The van der Waals surface area contributed by atoms with Gasteiger partial charge in [0.05, 0.1) is 6.20 Å². The van der Waals surface area contributed by atoms with Gasteiger partial charge in [0, 0.05) is 19.2 Å². The van der Waals surface area contributed by atoms with Crippen LogP contribution in [0, 0.1) is 5.82 Å². The molecule has 0 aliphatic rings. The van der Waals surface area contributed by atoms with Gasteiger partial charge in [-0.25, -0.2) is 9.18 Å². The number of nitrogens with zero attached hydrogens (tertiary/aromatic N) is 4. The molecule has 25 heavy (non-hydrogen) atoms. The maximum Gasteiger partial charge on any atom is 0.332 e. The molecule has 1 aromatic carbocycles. The Morgan fingerprint density at radius 2 is 2.00 bits per heavy atom. The largest absolute Gasteiger partial charge is 0.423 e. The molecule has 8 heteroatoms. The smallest absolute Gasteiger partial charge is 0.332 e. The fraction of sp³-hybridized carbons (Fsp3) is 0.118. The van der Waals surface area contributed by atoms with Crippen LogP contribution in [-0.4, -0.2) is 18.5 Å². The SMILES string of the molecule is C=CCn1c(=O)c2c(nc3oc(-c4ccc(F)cc4)cn32)n(C)c1=O. The molecule has 4 aromatic rings. The number of oxazole rings is 1. The van der Waals surface area contributed by atoms with E-state index in [2.05, 4.69) is 11.6 Å². The first-order valence-electron chi connectivity index (χ1n) is 7.49. The van der Waals surface area contributed by atoms with E-state index in [0.717, 1.165) is 4.57 Å². The third kappa shape index (κ3) is 2.14. The Morgan fingerprint density at radius 3 is 2.68 bits per heavy atom. The maximum atomic E-state index is 13.1. The number of aryl methyl sites for hydroxylation is 1. The molecule has 3 aromatic heterocycles. The van der Waals surface area contributed by atoms with E-state index in [1.165, 1.54) is 34.2 Å². The summed E-state index contributed by atoms with van der Waals surface area (Å²) in [6.45, 7) is 3.66. The van der Waals surface area contributed by atoms with Crippen LogP contribution in [0.15, 0.2) is 57.1 Å². The average Bonchev–Trinajstić information content (AvgIpc) is 3.15. The van der Waals surface area contributed by atoms with Gasteiger partial charge in [-0.05, 0) is 24.3 Å². The fourth-order valence-electron chi connectivity index (χ4n) is 2.79. The molecule has 0 fully saturated rings. The number of imidazole rings is 1. The van der Waals surface area contributed by atoms with E-state index in [9.17, 15) is 14.0 Å². The van der Waals surface area contributed by atoms with Crippen LogP contribution >= 0.6 is 0 Å². The summed E-state index contributed by atoms with van der Waals surface area (Å²) in [6.07, 6.45) is 3.08. The Kier molecular flexibility index (Phi) is 3.21. The summed E-state index contributed by atoms with van der Waals surface area (Å²) < 4.78 is 22.6. The van der Waals surface area contributed by atoms with Gasteiger partial charge in [0.1, 0.15) is 5.82 Å². The van der Waals surface area contributed by atoms with Gasteiger partial charge in [-0.1, -0.05) is 6.08 Å². The molecule has 4 rings (SSSR count). The van der Waals surface area contributed by atoms with Crippen molar-refractivity contribution in [3.63, 3.8) is 0 Å². The standard InChI is InChI=1S/C17H13FN4O3/c1-3-8-21-15(23)13-14(20(2)17(21)24)19-16-22(13)9-12(25-16)10-4-6-11(18)7-5-10/h3-7,9H,1,8H2,2H3. The van der Waals surface area contributed by atoms with Crippen LogP contribution < -0.4 is 11.2 Å². The minimum atomic E-state index is -0.475. The molecule has 126 valence electrons. The van der Waals surface area contributed by atoms with Crippen LogP contribution in [0.5, 0.6) is 0 Å². The monoisotopic (exact) mass is 340 g/mol. The number of hydrogen-bond acceptors (Lipinski definition) is 4. The van der Waals surface area contributed by atoms with Crippen LogP contribution in [0.4, 0.5) is 4.39 Å². The van der Waals surface area contributed by atoms with Crippen molar-refractivity contribution in [3.05, 3.63) is 69.8 Å². The molecule has 0 bridgehead atoms. The van der Waals surface area contributed by atoms with Crippen LogP contribution in [0.2, 0.25) is 0 Å². The summed E-state index contributed by atoms with van der Waals surface area (Å²) in [7, 11) is 1.54. The molecule has 0 spiro atoms. The van der Waals surface area contributed by atoms with Crippen molar-refractivity contribution in [1.82, 2.24) is 18.5 Å². The lowest BCUT2D eigenvalue weighted by atomic mass is 10.2. The molecule has 0 aliphatic heterocycles. The molecular weight excluding hydrogens is 327 g/mol. The molecule has 0 unspecified atom stereocenters. The summed E-state index contributed by atoms with van der Waals surface area (Å²) in [5, 5.41) is 0. The Bertz CT molecular complexity index is 1240. The quantitative estimate of drug-likeness (QED) is 0.534. The normalized spacial score (nSPS) is 11.4. The number of benzene rings is 1. The third-order valence-corrected chi connectivity index (χ3v) is 4.03. The second-order valence-electron chi connectivity index (χ2n) is 5.58. The number of hydrogen-bond donors (Lipinski definition) is 0. The first-order valence-corrected chi connectivity index (χ1v) is 7.49. The van der Waals surface area contributed by atoms with E-state index in [-0.39, 0.29) is 29.4 Å². The van der Waals surface area contributed by atoms with Crippen molar-refractivity contribution in [1.29, 1.82) is 0 Å². The number of aromatic nitrogens is 4. The van der Waals surface area contributed by atoms with E-state index >= 15 is 0 Å². The maximum absolute atomic E-state index is 13.1. The summed E-state index contributed by atoms with van der Waals surface area (Å²) >= 11 is 0. The molecule has 3 heterocycles. The van der Waals surface area contributed by atoms with Crippen molar-refractivity contribution in [2.24, 2.45) is 7.05 Å². The highest BCUT2D eigenvalue weighted by Crippen LogP contribution is 2.24. The van der Waals surface area contributed by atoms with E-state index in [1.807, 2.05) is 0 Å². The molecule has 0 N–H and O–H groups in total. The van der Waals surface area contributed by atoms with Gasteiger partial charge in [0.25, 0.3) is 5.56 Å². The average molecular weight is 340 g/mol. The minimum Gasteiger partial charge on any atom is -0.423 e. The zero-order valence-corrected chi connectivity index (χ0v) is 13.3. The van der Waals surface area contributed by atoms with E-state index in [0.29, 0.717) is 11.3 Å². The molecule has 0 aliphatic carbocycles. The second-order valence-corrected chi connectivity index (χ2v) is 5.58. The number of halogens is 1.